The molecule has 3 rings (SSSR count). The van der Waals surface area contributed by atoms with Gasteiger partial charge in [-0.3, -0.25) is 0 Å². The van der Waals surface area contributed by atoms with E-state index in [9.17, 15) is 12.8 Å². The van der Waals surface area contributed by atoms with Gasteiger partial charge >= 0.3 is 0 Å². The van der Waals surface area contributed by atoms with Gasteiger partial charge in [-0.25, -0.2) is 17.8 Å². The minimum Gasteiger partial charge on any atom is -0.479 e. The Labute approximate surface area is 153 Å². The smallest absolute Gasteiger partial charge is 0.250 e. The molecule has 0 bridgehead atoms. The molecule has 138 valence electrons. The van der Waals surface area contributed by atoms with E-state index in [0.717, 1.165) is 11.1 Å². The van der Waals surface area contributed by atoms with E-state index in [-0.39, 0.29) is 17.6 Å². The van der Waals surface area contributed by atoms with E-state index in [0.29, 0.717) is 29.7 Å². The molecule has 1 aromatic heterocycles. The maximum atomic E-state index is 14.4. The summed E-state index contributed by atoms with van der Waals surface area (Å²) in [5.74, 6) is -0.335. The molecule has 0 saturated heterocycles. The van der Waals surface area contributed by atoms with E-state index in [1.807, 2.05) is 25.1 Å². The van der Waals surface area contributed by atoms with Gasteiger partial charge in [-0.05, 0) is 55.9 Å². The van der Waals surface area contributed by atoms with Crippen LogP contribution in [0.2, 0.25) is 0 Å². The third-order valence-corrected chi connectivity index (χ3v) is 6.65. The Hall–Kier alpha value is -2.21. The first-order valence-corrected chi connectivity index (χ1v) is 10.2. The fraction of sp³-hybridized carbons (Fsp3) is 0.350. The molecule has 6 heteroatoms. The molecule has 1 unspecified atom stereocenters. The minimum absolute atomic E-state index is 0.0209. The first-order chi connectivity index (χ1) is 12.4. The van der Waals surface area contributed by atoms with Gasteiger partial charge in [0.15, 0.2) is 15.7 Å². The van der Waals surface area contributed by atoms with Crippen molar-refractivity contribution < 1.29 is 17.5 Å². The summed E-state index contributed by atoms with van der Waals surface area (Å²) in [6, 6.07) is 8.57. The van der Waals surface area contributed by atoms with Crippen molar-refractivity contribution in [3.05, 3.63) is 59.5 Å². The molecule has 4 nitrogen and oxygen atoms in total. The van der Waals surface area contributed by atoms with Gasteiger partial charge in [0.05, 0.1) is 17.8 Å². The number of benzene rings is 1. The van der Waals surface area contributed by atoms with Crippen LogP contribution in [0.5, 0.6) is 5.88 Å². The zero-order chi connectivity index (χ0) is 18.7. The van der Waals surface area contributed by atoms with Crippen molar-refractivity contribution in [2.24, 2.45) is 5.92 Å². The average Bonchev–Trinajstić information content (AvgIpc) is 2.63. The second-order valence-electron chi connectivity index (χ2n) is 6.65. The molecule has 0 aliphatic heterocycles. The molecule has 2 aromatic rings. The van der Waals surface area contributed by atoms with Crippen LogP contribution in [-0.4, -0.2) is 26.3 Å². The number of hydrogen-bond acceptors (Lipinski definition) is 4. The van der Waals surface area contributed by atoms with Gasteiger partial charge in [-0.2, -0.15) is 0 Å². The zero-order valence-corrected chi connectivity index (χ0v) is 15.7. The van der Waals surface area contributed by atoms with Gasteiger partial charge in [0.1, 0.15) is 0 Å². The first kappa shape index (κ1) is 18.6. The molecule has 1 aliphatic rings. The lowest BCUT2D eigenvalue weighted by Gasteiger charge is -2.22. The third-order valence-electron chi connectivity index (χ3n) is 4.75. The number of sulfone groups is 1. The minimum atomic E-state index is -3.31. The summed E-state index contributed by atoms with van der Waals surface area (Å²) < 4.78 is 44.5. The highest BCUT2D eigenvalue weighted by atomic mass is 32.2. The molecule has 0 saturated carbocycles. The van der Waals surface area contributed by atoms with Crippen molar-refractivity contribution >= 4 is 15.4 Å². The summed E-state index contributed by atoms with van der Waals surface area (Å²) in [6.07, 6.45) is 5.42. The van der Waals surface area contributed by atoms with Gasteiger partial charge in [-0.1, -0.05) is 23.8 Å². The summed E-state index contributed by atoms with van der Waals surface area (Å²) >= 11 is 0. The van der Waals surface area contributed by atoms with Crippen molar-refractivity contribution in [3.63, 3.8) is 0 Å². The summed E-state index contributed by atoms with van der Waals surface area (Å²) in [7, 11) is -1.93. The Bertz CT molecular complexity index is 921. The molecule has 1 aromatic carbocycles. The average molecular weight is 375 g/mol. The lowest BCUT2D eigenvalue weighted by molar-refractivity contribution is 0.368. The first-order valence-electron chi connectivity index (χ1n) is 8.58. The fourth-order valence-electron chi connectivity index (χ4n) is 3.25. The molecule has 1 atom stereocenters. The van der Waals surface area contributed by atoms with Crippen LogP contribution in [0.1, 0.15) is 30.4 Å². The van der Waals surface area contributed by atoms with E-state index >= 15 is 0 Å². The van der Waals surface area contributed by atoms with Crippen LogP contribution in [0.15, 0.2) is 47.5 Å². The number of ether oxygens (including phenoxy) is 1. The van der Waals surface area contributed by atoms with Crippen LogP contribution in [-0.2, 0) is 9.84 Å². The molecule has 0 radical (unpaired) electrons. The van der Waals surface area contributed by atoms with Crippen LogP contribution < -0.4 is 4.74 Å². The standard InChI is InChI=1S/C20H22FNO3S/c1-14-3-9-17(10-4-14)26(23,24)13-15-5-7-16(8-6-15)18-11-12-22-20(25-2)19(18)21/h3-4,7,9-12,15H,5-6,8,13H2,1-2H3. The van der Waals surface area contributed by atoms with Gasteiger partial charge < -0.3 is 4.74 Å². The number of aromatic nitrogens is 1. The number of rotatable bonds is 5. The Morgan fingerprint density at radius 3 is 2.58 bits per heavy atom. The summed E-state index contributed by atoms with van der Waals surface area (Å²) in [5.41, 5.74) is 2.40. The summed E-state index contributed by atoms with van der Waals surface area (Å²) in [5, 5.41) is 0. The molecule has 1 aliphatic carbocycles. The van der Waals surface area contributed by atoms with Crippen LogP contribution >= 0.6 is 0 Å². The Balaban J connectivity index is 1.73. The van der Waals surface area contributed by atoms with Crippen molar-refractivity contribution in [2.45, 2.75) is 31.1 Å². The second kappa shape index (κ2) is 7.58. The highest BCUT2D eigenvalue weighted by Crippen LogP contribution is 2.34. The van der Waals surface area contributed by atoms with Crippen molar-refractivity contribution in [1.29, 1.82) is 0 Å². The maximum Gasteiger partial charge on any atom is 0.250 e. The SMILES string of the molecule is COc1nccc(C2=CCC(CS(=O)(=O)c3ccc(C)cc3)CC2)c1F. The van der Waals surface area contributed by atoms with Gasteiger partial charge in [0.25, 0.3) is 5.88 Å². The Morgan fingerprint density at radius 1 is 1.23 bits per heavy atom. The quantitative estimate of drug-likeness (QED) is 0.786. The summed E-state index contributed by atoms with van der Waals surface area (Å²) in [6.45, 7) is 1.93. The lowest BCUT2D eigenvalue weighted by atomic mass is 9.88. The zero-order valence-electron chi connectivity index (χ0n) is 14.9. The number of allylic oxidation sites excluding steroid dienone is 2. The van der Waals surface area contributed by atoms with E-state index in [4.69, 9.17) is 4.74 Å². The molecule has 0 spiro atoms. The number of halogens is 1. The van der Waals surface area contributed by atoms with Gasteiger partial charge in [0, 0.05) is 11.8 Å². The van der Waals surface area contributed by atoms with E-state index in [1.54, 1.807) is 18.2 Å². The van der Waals surface area contributed by atoms with Gasteiger partial charge in [-0.15, -0.1) is 0 Å². The van der Waals surface area contributed by atoms with Crippen LogP contribution in [0.3, 0.4) is 0 Å². The van der Waals surface area contributed by atoms with Crippen LogP contribution in [0, 0.1) is 18.7 Å². The molecule has 0 fully saturated rings. The van der Waals surface area contributed by atoms with Crippen molar-refractivity contribution in [1.82, 2.24) is 4.98 Å². The Morgan fingerprint density at radius 2 is 1.96 bits per heavy atom. The van der Waals surface area contributed by atoms with Crippen LogP contribution in [0.4, 0.5) is 4.39 Å². The van der Waals surface area contributed by atoms with Gasteiger partial charge in [0.2, 0.25) is 0 Å². The number of nitrogens with zero attached hydrogens (tertiary/aromatic N) is 1. The second-order valence-corrected chi connectivity index (χ2v) is 8.68. The third kappa shape index (κ3) is 3.96. The molecule has 0 N–H and O–H groups in total. The van der Waals surface area contributed by atoms with E-state index < -0.39 is 15.7 Å². The number of methoxy groups -OCH3 is 1. The number of pyridine rings is 1. The number of aryl methyl sites for hydroxylation is 1. The highest BCUT2D eigenvalue weighted by molar-refractivity contribution is 7.91. The highest BCUT2D eigenvalue weighted by Gasteiger charge is 2.25. The predicted molar refractivity (Wildman–Crippen MR) is 99.3 cm³/mol. The Kier molecular flexibility index (Phi) is 5.41. The number of hydrogen-bond donors (Lipinski definition) is 0. The molecule has 0 amide bonds. The maximum absolute atomic E-state index is 14.4. The monoisotopic (exact) mass is 375 g/mol. The van der Waals surface area contributed by atoms with Crippen molar-refractivity contribution in [2.75, 3.05) is 12.9 Å². The molecular weight excluding hydrogens is 353 g/mol. The lowest BCUT2D eigenvalue weighted by Crippen LogP contribution is -2.18. The van der Waals surface area contributed by atoms with Crippen LogP contribution in [0.25, 0.3) is 5.57 Å². The predicted octanol–water partition coefficient (Wildman–Crippen LogP) is 4.20. The normalized spacial score (nSPS) is 17.7. The van der Waals surface area contributed by atoms with E-state index in [1.165, 1.54) is 13.3 Å². The molecular formula is C20H22FNO3S. The topological polar surface area (TPSA) is 56.3 Å². The largest absolute Gasteiger partial charge is 0.479 e. The molecule has 26 heavy (non-hydrogen) atoms. The van der Waals surface area contributed by atoms with Crippen molar-refractivity contribution in [3.8, 4) is 5.88 Å². The fourth-order valence-corrected chi connectivity index (χ4v) is 4.92. The van der Waals surface area contributed by atoms with E-state index in [2.05, 4.69) is 4.98 Å². The summed E-state index contributed by atoms with van der Waals surface area (Å²) in [4.78, 5) is 4.22. The molecule has 1 heterocycles.